The van der Waals surface area contributed by atoms with Gasteiger partial charge >= 0.3 is 0 Å². The van der Waals surface area contributed by atoms with E-state index in [2.05, 4.69) is 13.2 Å². The van der Waals surface area contributed by atoms with Crippen LogP contribution in [0.25, 0.3) is 0 Å². The summed E-state index contributed by atoms with van der Waals surface area (Å²) in [6, 6.07) is 0. The Morgan fingerprint density at radius 3 is 2.39 bits per heavy atom. The molecule has 0 aromatic carbocycles. The zero-order valence-corrected chi connectivity index (χ0v) is 12.4. The molecule has 5 nitrogen and oxygen atoms in total. The Balaban J connectivity index is 4.03. The number of quaternary nitrogens is 1. The van der Waals surface area contributed by atoms with Crippen LogP contribution in [-0.4, -0.2) is 45.4 Å². The number of hydrogen-bond donors (Lipinski definition) is 0. The highest BCUT2D eigenvalue weighted by atomic mass is 31.2. The van der Waals surface area contributed by atoms with Crippen LogP contribution in [0.4, 0.5) is 0 Å². The molecule has 0 fully saturated rings. The van der Waals surface area contributed by atoms with Gasteiger partial charge in [0.25, 0.3) is 7.82 Å². The lowest BCUT2D eigenvalue weighted by Gasteiger charge is -2.27. The molecule has 0 heterocycles. The van der Waals surface area contributed by atoms with E-state index in [-0.39, 0.29) is 19.1 Å². The lowest BCUT2D eigenvalue weighted by Crippen LogP contribution is -2.37. The van der Waals surface area contributed by atoms with Crippen molar-refractivity contribution >= 4 is 7.82 Å². The number of phosphoric ester groups is 1. The Labute approximate surface area is 110 Å². The third-order valence-electron chi connectivity index (χ3n) is 2.26. The van der Waals surface area contributed by atoms with Crippen molar-refractivity contribution in [2.45, 2.75) is 6.42 Å². The molecule has 0 rings (SSSR count). The van der Waals surface area contributed by atoms with Crippen LogP contribution in [0.15, 0.2) is 25.3 Å². The monoisotopic (exact) mass is 277 g/mol. The average molecular weight is 277 g/mol. The quantitative estimate of drug-likeness (QED) is 0.345. The van der Waals surface area contributed by atoms with Gasteiger partial charge in [0.15, 0.2) is 0 Å². The van der Waals surface area contributed by atoms with Crippen LogP contribution in [-0.2, 0) is 13.6 Å². The average Bonchev–Trinajstić information content (AvgIpc) is 2.22. The normalized spacial score (nSPS) is 16.9. The summed E-state index contributed by atoms with van der Waals surface area (Å²) >= 11 is 0. The van der Waals surface area contributed by atoms with E-state index in [1.165, 1.54) is 0 Å². The Kier molecular flexibility index (Phi) is 7.67. The first kappa shape index (κ1) is 17.6. The Hall–Kier alpha value is -0.450. The molecule has 0 bridgehead atoms. The fourth-order valence-electron chi connectivity index (χ4n) is 1.10. The van der Waals surface area contributed by atoms with Gasteiger partial charge in [-0.25, -0.2) is 0 Å². The predicted molar refractivity (Wildman–Crippen MR) is 70.9 cm³/mol. The van der Waals surface area contributed by atoms with Crippen LogP contribution < -0.4 is 4.89 Å². The standard InChI is InChI=1S/C12H24NO4P/c1-6-8-12(7-2)11-17-18(14,15)16-10-9-13(3,4)5/h6-7,12H,1-2,8-11H2,3-5H3. The third kappa shape index (κ3) is 9.57. The molecule has 18 heavy (non-hydrogen) atoms. The second-order valence-electron chi connectivity index (χ2n) is 5.11. The van der Waals surface area contributed by atoms with Crippen molar-refractivity contribution in [1.29, 1.82) is 0 Å². The van der Waals surface area contributed by atoms with E-state index in [9.17, 15) is 9.46 Å². The zero-order valence-electron chi connectivity index (χ0n) is 11.5. The molecule has 6 heteroatoms. The summed E-state index contributed by atoms with van der Waals surface area (Å²) in [7, 11) is 1.66. The number of likely N-dealkylation sites (N-methyl/N-ethyl adjacent to an activating group) is 1. The van der Waals surface area contributed by atoms with Gasteiger partial charge < -0.3 is 18.4 Å². The topological polar surface area (TPSA) is 58.6 Å². The molecule has 0 aliphatic carbocycles. The Morgan fingerprint density at radius 1 is 1.33 bits per heavy atom. The SMILES string of the molecule is C=CCC(C=C)COP(=O)([O-])OCC[N+](C)(C)C. The number of allylic oxidation sites excluding steroid dienone is 1. The fourth-order valence-corrected chi connectivity index (χ4v) is 1.85. The second kappa shape index (κ2) is 7.87. The summed E-state index contributed by atoms with van der Waals surface area (Å²) in [5.41, 5.74) is 0. The first-order valence-electron chi connectivity index (χ1n) is 5.84. The molecule has 0 aromatic rings. The summed E-state index contributed by atoms with van der Waals surface area (Å²) in [5, 5.41) is 0. The van der Waals surface area contributed by atoms with E-state index in [1.807, 2.05) is 21.1 Å². The molecule has 0 aromatic heterocycles. The Bertz CT molecular complexity index is 312. The van der Waals surface area contributed by atoms with Crippen LogP contribution >= 0.6 is 7.82 Å². The van der Waals surface area contributed by atoms with Gasteiger partial charge in [-0.1, -0.05) is 12.2 Å². The first-order chi connectivity index (χ1) is 8.20. The van der Waals surface area contributed by atoms with Gasteiger partial charge in [-0.3, -0.25) is 4.57 Å². The molecule has 0 radical (unpaired) electrons. The molecule has 0 aliphatic rings. The summed E-state index contributed by atoms with van der Waals surface area (Å²) < 4.78 is 21.7. The van der Waals surface area contributed by atoms with E-state index in [4.69, 9.17) is 9.05 Å². The maximum atomic E-state index is 11.5. The maximum absolute atomic E-state index is 11.5. The third-order valence-corrected chi connectivity index (χ3v) is 3.23. The number of hydrogen-bond acceptors (Lipinski definition) is 4. The smallest absolute Gasteiger partial charge is 0.268 e. The van der Waals surface area contributed by atoms with Crippen LogP contribution in [0.1, 0.15) is 6.42 Å². The number of phosphoric acid groups is 1. The van der Waals surface area contributed by atoms with Gasteiger partial charge in [-0.15, -0.1) is 13.2 Å². The van der Waals surface area contributed by atoms with Gasteiger partial charge in [-0.2, -0.15) is 0 Å². The van der Waals surface area contributed by atoms with Gasteiger partial charge in [0.2, 0.25) is 0 Å². The minimum atomic E-state index is -4.21. The minimum absolute atomic E-state index is 0.0423. The van der Waals surface area contributed by atoms with Crippen molar-refractivity contribution in [3.05, 3.63) is 25.3 Å². The van der Waals surface area contributed by atoms with Crippen molar-refractivity contribution in [2.75, 3.05) is 40.9 Å². The molecule has 2 atom stereocenters. The highest BCUT2D eigenvalue weighted by Crippen LogP contribution is 2.38. The van der Waals surface area contributed by atoms with E-state index >= 15 is 0 Å². The minimum Gasteiger partial charge on any atom is -0.756 e. The van der Waals surface area contributed by atoms with Crippen molar-refractivity contribution < 1.29 is 23.0 Å². The van der Waals surface area contributed by atoms with Crippen LogP contribution in [0.5, 0.6) is 0 Å². The lowest BCUT2D eigenvalue weighted by atomic mass is 10.1. The number of rotatable bonds is 10. The van der Waals surface area contributed by atoms with E-state index < -0.39 is 7.82 Å². The highest BCUT2D eigenvalue weighted by molar-refractivity contribution is 7.45. The zero-order chi connectivity index (χ0) is 14.2. The van der Waals surface area contributed by atoms with E-state index in [1.54, 1.807) is 12.2 Å². The molecule has 2 unspecified atom stereocenters. The predicted octanol–water partition coefficient (Wildman–Crippen LogP) is 1.57. The van der Waals surface area contributed by atoms with Crippen LogP contribution in [0.3, 0.4) is 0 Å². The molecule has 0 aliphatic heterocycles. The largest absolute Gasteiger partial charge is 0.756 e. The van der Waals surface area contributed by atoms with Gasteiger partial charge in [0.05, 0.1) is 27.7 Å². The molecule has 106 valence electrons. The van der Waals surface area contributed by atoms with Crippen molar-refractivity contribution in [3.63, 3.8) is 0 Å². The summed E-state index contributed by atoms with van der Waals surface area (Å²) in [6.45, 7) is 7.95. The Morgan fingerprint density at radius 2 is 1.94 bits per heavy atom. The van der Waals surface area contributed by atoms with Crippen molar-refractivity contribution in [1.82, 2.24) is 0 Å². The summed E-state index contributed by atoms with van der Waals surface area (Å²) in [6.07, 6.45) is 3.97. The highest BCUT2D eigenvalue weighted by Gasteiger charge is 2.14. The summed E-state index contributed by atoms with van der Waals surface area (Å²) in [4.78, 5) is 11.5. The van der Waals surface area contributed by atoms with Crippen molar-refractivity contribution in [3.8, 4) is 0 Å². The van der Waals surface area contributed by atoms with Gasteiger partial charge in [0.1, 0.15) is 13.2 Å². The number of nitrogens with zero attached hydrogens (tertiary/aromatic N) is 1. The molecule has 0 saturated heterocycles. The van der Waals surface area contributed by atoms with Gasteiger partial charge in [0, 0.05) is 5.92 Å². The van der Waals surface area contributed by atoms with Crippen molar-refractivity contribution in [2.24, 2.45) is 5.92 Å². The first-order valence-corrected chi connectivity index (χ1v) is 7.30. The molecular formula is C12H24NO4P. The second-order valence-corrected chi connectivity index (χ2v) is 6.52. The molecule has 0 saturated carbocycles. The maximum Gasteiger partial charge on any atom is 0.268 e. The van der Waals surface area contributed by atoms with Gasteiger partial charge in [-0.05, 0) is 6.42 Å². The summed E-state index contributed by atoms with van der Waals surface area (Å²) in [5.74, 6) is -0.0632. The molecule has 0 spiro atoms. The molecule has 0 N–H and O–H groups in total. The van der Waals surface area contributed by atoms with E-state index in [0.717, 1.165) is 0 Å². The van der Waals surface area contributed by atoms with Crippen LogP contribution in [0.2, 0.25) is 0 Å². The fraction of sp³-hybridized carbons (Fsp3) is 0.667. The van der Waals surface area contributed by atoms with E-state index in [0.29, 0.717) is 17.4 Å². The van der Waals surface area contributed by atoms with Crippen LogP contribution in [0, 0.1) is 5.92 Å². The molecule has 0 amide bonds. The molecular weight excluding hydrogens is 253 g/mol. The lowest BCUT2D eigenvalue weighted by molar-refractivity contribution is -0.870.